The van der Waals surface area contributed by atoms with Crippen LogP contribution >= 0.6 is 0 Å². The van der Waals surface area contributed by atoms with Crippen molar-refractivity contribution in [1.29, 1.82) is 0 Å². The Balaban J connectivity index is 1.60. The van der Waals surface area contributed by atoms with Crippen molar-refractivity contribution in [2.75, 3.05) is 0 Å². The van der Waals surface area contributed by atoms with Gasteiger partial charge >= 0.3 is 6.03 Å². The number of amides is 2. The molecule has 0 aromatic heterocycles. The highest BCUT2D eigenvalue weighted by Crippen LogP contribution is 2.37. The molecule has 1 atom stereocenters. The lowest BCUT2D eigenvalue weighted by Gasteiger charge is -2.26. The minimum absolute atomic E-state index is 0.142. The van der Waals surface area contributed by atoms with Crippen molar-refractivity contribution in [3.63, 3.8) is 0 Å². The van der Waals surface area contributed by atoms with Gasteiger partial charge in [-0.25, -0.2) is 8.78 Å². The van der Waals surface area contributed by atoms with Gasteiger partial charge in [-0.05, 0) is 30.1 Å². The zero-order valence-electron chi connectivity index (χ0n) is 12.3. The molecule has 2 fully saturated rings. The summed E-state index contributed by atoms with van der Waals surface area (Å²) in [6, 6.07) is 2.66. The Kier molecular flexibility index (Phi) is 3.26. The van der Waals surface area contributed by atoms with Crippen LogP contribution in [-0.2, 0) is 0 Å². The molecule has 2 heterocycles. The summed E-state index contributed by atoms with van der Waals surface area (Å²) in [5, 5.41) is 13.6. The van der Waals surface area contributed by atoms with E-state index in [1.807, 2.05) is 0 Å². The Hall–Kier alpha value is -2.15. The van der Waals surface area contributed by atoms with Crippen molar-refractivity contribution < 1.29 is 23.4 Å². The number of carbonyl (C=O) groups excluding carboxylic acids is 1. The molecule has 0 unspecified atom stereocenters. The SMILES string of the molecule is O=C1N2C(=N/[N+]1=C\C1CC(O)C1)CC[C@H]2c1cc(F)cc(F)c1. The van der Waals surface area contributed by atoms with Gasteiger partial charge in [0.25, 0.3) is 0 Å². The third-order valence-electron chi connectivity index (χ3n) is 4.63. The minimum Gasteiger partial charge on any atom is -0.393 e. The highest BCUT2D eigenvalue weighted by atomic mass is 19.1. The van der Waals surface area contributed by atoms with E-state index in [0.717, 1.165) is 6.07 Å². The zero-order chi connectivity index (χ0) is 16.1. The van der Waals surface area contributed by atoms with E-state index in [4.69, 9.17) is 0 Å². The van der Waals surface area contributed by atoms with Crippen LogP contribution in [0.15, 0.2) is 23.3 Å². The van der Waals surface area contributed by atoms with Crippen LogP contribution in [0.4, 0.5) is 13.6 Å². The molecule has 1 N–H and O–H groups in total. The molecule has 2 amide bonds. The largest absolute Gasteiger partial charge is 0.525 e. The lowest BCUT2D eigenvalue weighted by Crippen LogP contribution is -2.35. The van der Waals surface area contributed by atoms with Crippen molar-refractivity contribution in [2.24, 2.45) is 11.0 Å². The molecule has 0 bridgehead atoms. The second kappa shape index (κ2) is 5.19. The number of hydrogen-bond donors (Lipinski definition) is 1. The average Bonchev–Trinajstić information content (AvgIpc) is 2.98. The summed E-state index contributed by atoms with van der Waals surface area (Å²) in [6.07, 6.45) is 3.88. The number of hydrazone groups is 1. The Bertz CT molecular complexity index is 721. The van der Waals surface area contributed by atoms with Crippen LogP contribution in [0.2, 0.25) is 0 Å². The number of amidine groups is 1. The van der Waals surface area contributed by atoms with Gasteiger partial charge in [0, 0.05) is 30.4 Å². The molecule has 1 aliphatic carbocycles. The Labute approximate surface area is 131 Å². The highest BCUT2D eigenvalue weighted by Gasteiger charge is 2.50. The standard InChI is InChI=1S/C16H16F2N3O2/c17-11-5-10(6-12(18)7-11)14-1-2-15-19-20(16(23)21(14)15)8-9-3-13(22)4-9/h5-9,13-14,22H,1-4H2/q+1/b20-8-/t9?,13?,14-/m0/s1. The van der Waals surface area contributed by atoms with Crippen LogP contribution in [0, 0.1) is 17.6 Å². The minimum atomic E-state index is -0.649. The highest BCUT2D eigenvalue weighted by molar-refractivity contribution is 6.00. The summed E-state index contributed by atoms with van der Waals surface area (Å²) < 4.78 is 28.2. The van der Waals surface area contributed by atoms with E-state index in [1.54, 1.807) is 6.21 Å². The normalized spacial score (nSPS) is 31.3. The lowest BCUT2D eigenvalue weighted by molar-refractivity contribution is -0.428. The fourth-order valence-electron chi connectivity index (χ4n) is 3.45. The summed E-state index contributed by atoms with van der Waals surface area (Å²) in [5.74, 6) is -0.531. The van der Waals surface area contributed by atoms with Crippen LogP contribution in [-0.4, -0.2) is 38.9 Å². The van der Waals surface area contributed by atoms with Crippen molar-refractivity contribution in [2.45, 2.75) is 37.8 Å². The monoisotopic (exact) mass is 320 g/mol. The Morgan fingerprint density at radius 2 is 1.96 bits per heavy atom. The number of nitrogens with zero attached hydrogens (tertiary/aromatic N) is 3. The maximum atomic E-state index is 13.4. The van der Waals surface area contributed by atoms with Crippen LogP contribution in [0.5, 0.6) is 0 Å². The molecule has 1 saturated heterocycles. The first-order valence-electron chi connectivity index (χ1n) is 7.70. The first-order chi connectivity index (χ1) is 11.0. The Morgan fingerprint density at radius 3 is 2.61 bits per heavy atom. The van der Waals surface area contributed by atoms with Crippen LogP contribution in [0.3, 0.4) is 0 Å². The van der Waals surface area contributed by atoms with E-state index in [0.29, 0.717) is 37.1 Å². The van der Waals surface area contributed by atoms with E-state index in [2.05, 4.69) is 5.10 Å². The first-order valence-corrected chi connectivity index (χ1v) is 7.70. The molecule has 0 radical (unpaired) electrons. The van der Waals surface area contributed by atoms with E-state index >= 15 is 0 Å². The molecular weight excluding hydrogens is 304 g/mol. The number of urea groups is 1. The van der Waals surface area contributed by atoms with Gasteiger partial charge in [-0.1, -0.05) is 4.68 Å². The molecule has 7 heteroatoms. The third kappa shape index (κ3) is 2.45. The van der Waals surface area contributed by atoms with Gasteiger partial charge in [0.1, 0.15) is 23.9 Å². The molecule has 4 rings (SSSR count). The predicted octanol–water partition coefficient (Wildman–Crippen LogP) is 2.40. The number of carbonyl (C=O) groups is 1. The average molecular weight is 320 g/mol. The smallest absolute Gasteiger partial charge is 0.393 e. The fourth-order valence-corrected chi connectivity index (χ4v) is 3.45. The summed E-state index contributed by atoms with van der Waals surface area (Å²) in [7, 11) is 0. The fraction of sp³-hybridized carbons (Fsp3) is 0.438. The van der Waals surface area contributed by atoms with E-state index in [-0.39, 0.29) is 18.1 Å². The summed E-state index contributed by atoms with van der Waals surface area (Å²) in [5.41, 5.74) is 0.446. The van der Waals surface area contributed by atoms with Crippen LogP contribution in [0.1, 0.15) is 37.3 Å². The molecule has 5 nitrogen and oxygen atoms in total. The van der Waals surface area contributed by atoms with Crippen molar-refractivity contribution >= 4 is 18.1 Å². The number of aliphatic hydroxyl groups excluding tert-OH is 1. The molecule has 120 valence electrons. The van der Waals surface area contributed by atoms with Crippen LogP contribution in [0.25, 0.3) is 0 Å². The number of aliphatic hydroxyl groups is 1. The van der Waals surface area contributed by atoms with Crippen LogP contribution < -0.4 is 0 Å². The maximum Gasteiger partial charge on any atom is 0.525 e. The molecule has 1 aromatic rings. The second-order valence-corrected chi connectivity index (χ2v) is 6.31. The third-order valence-corrected chi connectivity index (χ3v) is 4.63. The van der Waals surface area contributed by atoms with E-state index in [9.17, 15) is 18.7 Å². The summed E-state index contributed by atoms with van der Waals surface area (Å²) in [4.78, 5) is 14.1. The van der Waals surface area contributed by atoms with Crippen molar-refractivity contribution in [3.05, 3.63) is 35.4 Å². The van der Waals surface area contributed by atoms with Gasteiger partial charge in [-0.2, -0.15) is 9.69 Å². The van der Waals surface area contributed by atoms with Gasteiger partial charge < -0.3 is 5.11 Å². The maximum absolute atomic E-state index is 13.4. The van der Waals surface area contributed by atoms with Gasteiger partial charge in [0.2, 0.25) is 5.84 Å². The van der Waals surface area contributed by atoms with Crippen molar-refractivity contribution in [1.82, 2.24) is 4.90 Å². The topological polar surface area (TPSA) is 55.9 Å². The van der Waals surface area contributed by atoms with Gasteiger partial charge in [-0.3, -0.25) is 0 Å². The van der Waals surface area contributed by atoms with E-state index in [1.165, 1.54) is 21.7 Å². The lowest BCUT2D eigenvalue weighted by atomic mass is 9.83. The molecule has 3 aliphatic rings. The number of halogens is 2. The van der Waals surface area contributed by atoms with E-state index < -0.39 is 17.7 Å². The molecule has 1 aromatic carbocycles. The Morgan fingerprint density at radius 1 is 1.26 bits per heavy atom. The molecule has 23 heavy (non-hydrogen) atoms. The van der Waals surface area contributed by atoms with Gasteiger partial charge in [0.05, 0.1) is 6.10 Å². The summed E-state index contributed by atoms with van der Waals surface area (Å²) >= 11 is 0. The first kappa shape index (κ1) is 14.4. The second-order valence-electron chi connectivity index (χ2n) is 6.31. The van der Waals surface area contributed by atoms with Gasteiger partial charge in [-0.15, -0.1) is 0 Å². The predicted molar refractivity (Wildman–Crippen MR) is 78.1 cm³/mol. The number of rotatable bonds is 2. The summed E-state index contributed by atoms with van der Waals surface area (Å²) in [6.45, 7) is 0. The van der Waals surface area contributed by atoms with Gasteiger partial charge in [0.15, 0.2) is 0 Å². The quantitative estimate of drug-likeness (QED) is 0.851. The number of benzene rings is 1. The number of fused-ring (bicyclic) bond motifs is 1. The van der Waals surface area contributed by atoms with Crippen molar-refractivity contribution in [3.8, 4) is 0 Å². The molecule has 0 spiro atoms. The molecule has 2 aliphatic heterocycles. The molecule has 1 saturated carbocycles. The number of hydrogen-bond acceptors (Lipinski definition) is 3. The zero-order valence-corrected chi connectivity index (χ0v) is 12.3. The molecular formula is C16H16F2N3O2+.